The van der Waals surface area contributed by atoms with Crippen molar-refractivity contribution in [1.29, 1.82) is 0 Å². The Hall–Kier alpha value is -3.55. The van der Waals surface area contributed by atoms with Crippen molar-refractivity contribution in [2.45, 2.75) is 0 Å². The fourth-order valence-electron chi connectivity index (χ4n) is 1.53. The van der Waals surface area contributed by atoms with Crippen LogP contribution in [0.1, 0.15) is 31.1 Å². The van der Waals surface area contributed by atoms with Gasteiger partial charge in [0.1, 0.15) is 11.5 Å². The quantitative estimate of drug-likeness (QED) is 0.574. The zero-order chi connectivity index (χ0) is 17.6. The summed E-state index contributed by atoms with van der Waals surface area (Å²) >= 11 is 0. The van der Waals surface area contributed by atoms with E-state index in [0.717, 1.165) is 18.2 Å². The van der Waals surface area contributed by atoms with E-state index in [1.807, 2.05) is 0 Å². The first-order valence-electron chi connectivity index (χ1n) is 6.04. The van der Waals surface area contributed by atoms with Crippen molar-refractivity contribution in [3.05, 3.63) is 59.2 Å². The largest absolute Gasteiger partial charge is 0.508 e. The van der Waals surface area contributed by atoms with E-state index in [0.29, 0.717) is 0 Å². The van der Waals surface area contributed by atoms with E-state index in [9.17, 15) is 14.4 Å². The third kappa shape index (κ3) is 5.05. The summed E-state index contributed by atoms with van der Waals surface area (Å²) in [6, 6.07) is 8.66. The highest BCUT2D eigenvalue weighted by atomic mass is 16.4. The van der Waals surface area contributed by atoms with Crippen molar-refractivity contribution >= 4 is 17.9 Å². The predicted octanol–water partition coefficient (Wildman–Crippen LogP) is 1.88. The molecule has 0 amide bonds. The molecule has 0 aliphatic rings. The third-order valence-electron chi connectivity index (χ3n) is 2.56. The van der Waals surface area contributed by atoms with Crippen molar-refractivity contribution in [2.75, 3.05) is 0 Å². The zero-order valence-electron chi connectivity index (χ0n) is 11.5. The van der Waals surface area contributed by atoms with Crippen LogP contribution in [-0.2, 0) is 0 Å². The number of aromatic hydroxyl groups is 2. The fraction of sp³-hybridized carbons (Fsp3) is 0. The molecule has 0 heterocycles. The number of rotatable bonds is 3. The lowest BCUT2D eigenvalue weighted by Gasteiger charge is -2.02. The molecule has 0 radical (unpaired) electrons. The molecule has 0 aliphatic carbocycles. The van der Waals surface area contributed by atoms with Gasteiger partial charge in [-0.25, -0.2) is 14.4 Å². The summed E-state index contributed by atoms with van der Waals surface area (Å²) in [5.74, 6) is -4.02. The first kappa shape index (κ1) is 17.5. The van der Waals surface area contributed by atoms with Crippen LogP contribution >= 0.6 is 0 Å². The number of hydrogen-bond donors (Lipinski definition) is 5. The van der Waals surface area contributed by atoms with Gasteiger partial charge in [-0.3, -0.25) is 0 Å². The van der Waals surface area contributed by atoms with Gasteiger partial charge in [0.15, 0.2) is 0 Å². The molecule has 2 aromatic carbocycles. The molecule has 2 rings (SSSR count). The molecule has 5 N–H and O–H groups in total. The zero-order valence-corrected chi connectivity index (χ0v) is 11.5. The number of hydrogen-bond acceptors (Lipinski definition) is 5. The van der Waals surface area contributed by atoms with Gasteiger partial charge < -0.3 is 25.5 Å². The smallest absolute Gasteiger partial charge is 0.336 e. The Morgan fingerprint density at radius 2 is 1.17 bits per heavy atom. The van der Waals surface area contributed by atoms with Gasteiger partial charge in [0.05, 0.1) is 16.7 Å². The minimum atomic E-state index is -1.48. The summed E-state index contributed by atoms with van der Waals surface area (Å²) in [7, 11) is 0. The molecule has 8 heteroatoms. The normalized spacial score (nSPS) is 9.39. The van der Waals surface area contributed by atoms with E-state index in [2.05, 4.69) is 0 Å². The van der Waals surface area contributed by atoms with Crippen LogP contribution in [0, 0.1) is 0 Å². The van der Waals surface area contributed by atoms with Crippen LogP contribution in [-0.4, -0.2) is 43.4 Å². The fourth-order valence-corrected chi connectivity index (χ4v) is 1.53. The van der Waals surface area contributed by atoms with Crippen LogP contribution in [0.2, 0.25) is 0 Å². The van der Waals surface area contributed by atoms with Gasteiger partial charge in [0.2, 0.25) is 0 Å². The second-order valence-corrected chi connectivity index (χ2v) is 4.20. The molecule has 0 unspecified atom stereocenters. The lowest BCUT2D eigenvalue weighted by atomic mass is 10.0. The van der Waals surface area contributed by atoms with Gasteiger partial charge >= 0.3 is 17.9 Å². The highest BCUT2D eigenvalue weighted by Crippen LogP contribution is 2.15. The number of carbonyl (C=O) groups is 3. The van der Waals surface area contributed by atoms with Crippen LogP contribution < -0.4 is 0 Å². The molecule has 2 aromatic rings. The number of phenolic OH excluding ortho intramolecular Hbond substituents is 2. The molecule has 0 aliphatic heterocycles. The summed E-state index contributed by atoms with van der Waals surface area (Å²) in [6.07, 6.45) is 0. The molecule has 23 heavy (non-hydrogen) atoms. The predicted molar refractivity (Wildman–Crippen MR) is 77.1 cm³/mol. The summed E-state index contributed by atoms with van der Waals surface area (Å²) in [5, 5.41) is 43.2. The van der Waals surface area contributed by atoms with Crippen molar-refractivity contribution in [2.24, 2.45) is 0 Å². The Kier molecular flexibility index (Phi) is 5.67. The van der Waals surface area contributed by atoms with Crippen LogP contribution in [0.25, 0.3) is 0 Å². The monoisotopic (exact) mass is 320 g/mol. The average Bonchev–Trinajstić information content (AvgIpc) is 2.46. The van der Waals surface area contributed by atoms with Gasteiger partial charge in [-0.15, -0.1) is 0 Å². The van der Waals surface area contributed by atoms with Crippen LogP contribution in [0.15, 0.2) is 42.5 Å². The molecule has 0 atom stereocenters. The van der Waals surface area contributed by atoms with Gasteiger partial charge in [-0.1, -0.05) is 6.07 Å². The highest BCUT2D eigenvalue weighted by molar-refractivity contribution is 6.03. The minimum Gasteiger partial charge on any atom is -0.508 e. The SMILES string of the molecule is O=C(O)c1ccc(C(=O)O)c(C(=O)O)c1.Oc1cccc(O)c1. The average molecular weight is 320 g/mol. The maximum atomic E-state index is 10.6. The van der Waals surface area contributed by atoms with Crippen LogP contribution in [0.5, 0.6) is 11.5 Å². The molecule has 0 saturated carbocycles. The third-order valence-corrected chi connectivity index (χ3v) is 2.56. The number of carboxylic acid groups (broad SMARTS) is 3. The van der Waals surface area contributed by atoms with Crippen LogP contribution in [0.4, 0.5) is 0 Å². The Labute approximate surface area is 129 Å². The molecule has 0 bridgehead atoms. The van der Waals surface area contributed by atoms with Gasteiger partial charge in [-0.05, 0) is 30.3 Å². The first-order chi connectivity index (χ1) is 10.7. The molecule has 8 nitrogen and oxygen atoms in total. The number of phenols is 2. The first-order valence-corrected chi connectivity index (χ1v) is 6.04. The Morgan fingerprint density at radius 3 is 1.52 bits per heavy atom. The van der Waals surface area contributed by atoms with Crippen molar-refractivity contribution in [3.63, 3.8) is 0 Å². The standard InChI is InChI=1S/C9H6O6.C6H6O2/c10-7(11)4-1-2-5(8(12)13)6(3-4)9(14)15;7-5-2-1-3-6(8)4-5/h1-3H,(H,10,11)(H,12,13)(H,14,15);1-4,7-8H. The van der Waals surface area contributed by atoms with E-state index in [4.69, 9.17) is 25.5 Å². The summed E-state index contributed by atoms with van der Waals surface area (Å²) in [6.45, 7) is 0. The Morgan fingerprint density at radius 1 is 0.652 bits per heavy atom. The molecular weight excluding hydrogens is 308 g/mol. The second kappa shape index (κ2) is 7.46. The van der Waals surface area contributed by atoms with Crippen molar-refractivity contribution in [3.8, 4) is 11.5 Å². The van der Waals surface area contributed by atoms with Gasteiger partial charge in [0, 0.05) is 6.07 Å². The second-order valence-electron chi connectivity index (χ2n) is 4.20. The van der Waals surface area contributed by atoms with Gasteiger partial charge in [-0.2, -0.15) is 0 Å². The number of benzene rings is 2. The minimum absolute atomic E-state index is 0.0880. The maximum Gasteiger partial charge on any atom is 0.336 e. The molecule has 0 saturated heterocycles. The summed E-state index contributed by atoms with van der Waals surface area (Å²) in [4.78, 5) is 31.8. The summed E-state index contributed by atoms with van der Waals surface area (Å²) in [5.41, 5.74) is -1.24. The lowest BCUT2D eigenvalue weighted by Crippen LogP contribution is -2.10. The Balaban J connectivity index is 0.000000277. The highest BCUT2D eigenvalue weighted by Gasteiger charge is 2.17. The van der Waals surface area contributed by atoms with E-state index in [-0.39, 0.29) is 17.1 Å². The lowest BCUT2D eigenvalue weighted by molar-refractivity contribution is 0.0649. The number of carboxylic acids is 3. The van der Waals surface area contributed by atoms with E-state index in [1.54, 1.807) is 6.07 Å². The van der Waals surface area contributed by atoms with Gasteiger partial charge in [0.25, 0.3) is 0 Å². The molecule has 0 fully saturated rings. The van der Waals surface area contributed by atoms with E-state index in [1.165, 1.54) is 18.2 Å². The van der Waals surface area contributed by atoms with Crippen molar-refractivity contribution in [1.82, 2.24) is 0 Å². The summed E-state index contributed by atoms with van der Waals surface area (Å²) < 4.78 is 0. The maximum absolute atomic E-state index is 10.6. The molecule has 0 spiro atoms. The topological polar surface area (TPSA) is 152 Å². The molecule has 120 valence electrons. The molecular formula is C15H12O8. The van der Waals surface area contributed by atoms with Crippen LogP contribution in [0.3, 0.4) is 0 Å². The van der Waals surface area contributed by atoms with Crippen molar-refractivity contribution < 1.29 is 39.9 Å². The number of aromatic carboxylic acids is 3. The molecule has 0 aromatic heterocycles. The van der Waals surface area contributed by atoms with E-state index < -0.39 is 29.0 Å². The Bertz CT molecular complexity index is 734. The van der Waals surface area contributed by atoms with E-state index >= 15 is 0 Å².